The summed E-state index contributed by atoms with van der Waals surface area (Å²) in [7, 11) is -1.07. The molecule has 0 spiro atoms. The number of methoxy groups -OCH3 is 1. The molecule has 5 aromatic rings. The summed E-state index contributed by atoms with van der Waals surface area (Å²) in [5.41, 5.74) is -2.39. The van der Waals surface area contributed by atoms with Crippen molar-refractivity contribution < 1.29 is 40.2 Å². The Hall–Kier alpha value is -4.90. The monoisotopic (exact) mass is 684 g/mol. The number of anilines is 1. The third-order valence-corrected chi connectivity index (χ3v) is 7.88. The Kier molecular flexibility index (Phi) is 9.49. The van der Waals surface area contributed by atoms with Crippen molar-refractivity contribution in [2.75, 3.05) is 18.7 Å². The number of hydrogen-bond donors (Lipinski definition) is 2. The number of aryl methyl sites for hydroxylation is 1. The topological polar surface area (TPSA) is 150 Å². The van der Waals surface area contributed by atoms with E-state index < -0.39 is 45.5 Å². The lowest BCUT2D eigenvalue weighted by atomic mass is 9.99. The van der Waals surface area contributed by atoms with Gasteiger partial charge < -0.3 is 14.8 Å². The second-order valence-electron chi connectivity index (χ2n) is 9.88. The highest BCUT2D eigenvalue weighted by Crippen LogP contribution is 2.41. The van der Waals surface area contributed by atoms with Crippen molar-refractivity contribution >= 4 is 44.9 Å². The molecule has 46 heavy (non-hydrogen) atoms. The summed E-state index contributed by atoms with van der Waals surface area (Å²) in [6.45, 7) is -0.926. The first-order valence-electron chi connectivity index (χ1n) is 12.9. The van der Waals surface area contributed by atoms with Gasteiger partial charge in [0.1, 0.15) is 19.5 Å². The molecular weight excluding hydrogens is 660 g/mol. The molecule has 12 nitrogen and oxygen atoms in total. The van der Waals surface area contributed by atoms with Crippen LogP contribution in [0.5, 0.6) is 11.5 Å². The van der Waals surface area contributed by atoms with E-state index in [0.717, 1.165) is 33.6 Å². The Morgan fingerprint density at radius 1 is 1.13 bits per heavy atom. The molecule has 0 saturated heterocycles. The van der Waals surface area contributed by atoms with E-state index in [1.165, 1.54) is 50.8 Å². The van der Waals surface area contributed by atoms with E-state index in [0.29, 0.717) is 0 Å². The number of carbonyl (C=O) groups is 1. The lowest BCUT2D eigenvalue weighted by Gasteiger charge is -2.15. The van der Waals surface area contributed by atoms with Crippen LogP contribution in [0.25, 0.3) is 22.2 Å². The largest absolute Gasteiger partial charge is 0.493 e. The second-order valence-corrected chi connectivity index (χ2v) is 11.9. The maximum Gasteiger partial charge on any atom is 0.416 e. The van der Waals surface area contributed by atoms with Crippen molar-refractivity contribution in [2.24, 2.45) is 7.05 Å². The van der Waals surface area contributed by atoms with Crippen LogP contribution in [0.2, 0.25) is 0 Å². The van der Waals surface area contributed by atoms with Crippen LogP contribution >= 0.6 is 12.4 Å². The van der Waals surface area contributed by atoms with E-state index in [2.05, 4.69) is 20.5 Å². The van der Waals surface area contributed by atoms with Gasteiger partial charge in [0.2, 0.25) is 5.91 Å². The first-order valence-corrected chi connectivity index (χ1v) is 14.8. The molecule has 0 aliphatic carbocycles. The van der Waals surface area contributed by atoms with Gasteiger partial charge in [-0.25, -0.2) is 22.6 Å². The summed E-state index contributed by atoms with van der Waals surface area (Å²) in [6, 6.07) is 9.04. The van der Waals surface area contributed by atoms with Gasteiger partial charge in [0, 0.05) is 24.6 Å². The van der Waals surface area contributed by atoms with Gasteiger partial charge in [0.15, 0.2) is 33.0 Å². The first kappa shape index (κ1) is 34.0. The molecule has 2 aromatic heterocycles. The molecule has 0 radical (unpaired) electrons. The van der Waals surface area contributed by atoms with E-state index >= 15 is 4.39 Å². The highest BCUT2D eigenvalue weighted by molar-refractivity contribution is 7.90. The summed E-state index contributed by atoms with van der Waals surface area (Å²) >= 11 is 0. The smallest absolute Gasteiger partial charge is 0.416 e. The fourth-order valence-corrected chi connectivity index (χ4v) is 5.37. The van der Waals surface area contributed by atoms with Gasteiger partial charge in [-0.15, -0.1) is 12.4 Å². The number of benzene rings is 3. The van der Waals surface area contributed by atoms with Crippen molar-refractivity contribution in [2.45, 2.75) is 24.2 Å². The Morgan fingerprint density at radius 3 is 2.50 bits per heavy atom. The average molecular weight is 685 g/mol. The number of aromatic amines is 1. The summed E-state index contributed by atoms with van der Waals surface area (Å²) < 4.78 is 94.1. The van der Waals surface area contributed by atoms with Gasteiger partial charge in [-0.1, -0.05) is 6.07 Å². The molecule has 0 fully saturated rings. The van der Waals surface area contributed by atoms with Crippen LogP contribution in [0.15, 0.2) is 64.5 Å². The predicted octanol–water partition coefficient (Wildman–Crippen LogP) is 4.33. The van der Waals surface area contributed by atoms with E-state index in [4.69, 9.17) is 9.47 Å². The van der Waals surface area contributed by atoms with Gasteiger partial charge in [-0.05, 0) is 48.0 Å². The summed E-state index contributed by atoms with van der Waals surface area (Å²) in [6.07, 6.45) is -2.67. The molecule has 3 aromatic carbocycles. The highest BCUT2D eigenvalue weighted by Gasteiger charge is 2.33. The van der Waals surface area contributed by atoms with E-state index in [-0.39, 0.29) is 69.1 Å². The maximum atomic E-state index is 15.4. The number of amides is 1. The van der Waals surface area contributed by atoms with E-state index in [1.54, 1.807) is 0 Å². The number of hydrogen-bond acceptors (Lipinski definition) is 8. The number of ether oxygens (including phenoxy) is 2. The number of sulfone groups is 1. The molecule has 0 aliphatic heterocycles. The fraction of sp³-hybridized carbons (Fsp3) is 0.214. The Labute approximate surface area is 264 Å². The lowest BCUT2D eigenvalue weighted by molar-refractivity contribution is -0.137. The van der Waals surface area contributed by atoms with E-state index in [9.17, 15) is 31.2 Å². The number of aromatic nitrogens is 5. The molecule has 244 valence electrons. The third kappa shape index (κ3) is 6.84. The number of halogens is 5. The van der Waals surface area contributed by atoms with Crippen molar-refractivity contribution in [3.05, 3.63) is 82.5 Å². The van der Waals surface area contributed by atoms with Crippen LogP contribution < -0.4 is 20.5 Å². The minimum atomic E-state index is -4.88. The van der Waals surface area contributed by atoms with Crippen LogP contribution in [0, 0.1) is 5.82 Å². The number of imidazole rings is 1. The summed E-state index contributed by atoms with van der Waals surface area (Å²) in [5.74, 6) is -1.97. The molecule has 0 unspecified atom stereocenters. The zero-order valence-electron chi connectivity index (χ0n) is 24.2. The maximum absolute atomic E-state index is 15.4. The van der Waals surface area contributed by atoms with Gasteiger partial charge in [-0.3, -0.25) is 19.0 Å². The van der Waals surface area contributed by atoms with Gasteiger partial charge in [0.25, 0.3) is 0 Å². The molecule has 0 aliphatic rings. The Balaban J connectivity index is 0.00000480. The Bertz CT molecular complexity index is 2100. The van der Waals surface area contributed by atoms with Crippen molar-refractivity contribution in [3.8, 4) is 22.6 Å². The van der Waals surface area contributed by atoms with Gasteiger partial charge >= 0.3 is 11.9 Å². The zero-order chi connectivity index (χ0) is 32.7. The number of carbonyl (C=O) groups excluding carboxylic acids is 1. The summed E-state index contributed by atoms with van der Waals surface area (Å²) in [5, 5.41) is 8.68. The standard InChI is InChI=1S/C28H24F4N6O6S.ClH/c1-37-25-19(15-7-20(29)26(22(8-15)43-2)44-13-23-33-14-34-36-23)9-16(28(30,31)32)10-21(25)38(27(37)40)12-24(39)35-17-5-4-6-18(11-17)45(3,41)42;/h4-11,14H,12-13H2,1-3H3,(H,35,39)(H,33,34,36);1H. The van der Waals surface area contributed by atoms with Crippen LogP contribution in [-0.2, 0) is 41.0 Å². The fourth-order valence-electron chi connectivity index (χ4n) is 4.70. The summed E-state index contributed by atoms with van der Waals surface area (Å²) in [4.78, 5) is 30.1. The van der Waals surface area contributed by atoms with Gasteiger partial charge in [-0.2, -0.15) is 18.3 Å². The number of H-pyrrole nitrogens is 1. The van der Waals surface area contributed by atoms with Gasteiger partial charge in [0.05, 0.1) is 28.6 Å². The van der Waals surface area contributed by atoms with Crippen LogP contribution in [0.3, 0.4) is 0 Å². The molecule has 1 amide bonds. The molecule has 0 bridgehead atoms. The van der Waals surface area contributed by atoms with Crippen LogP contribution in [-0.4, -0.2) is 52.0 Å². The molecule has 5 rings (SSSR count). The molecule has 2 heterocycles. The van der Waals surface area contributed by atoms with Crippen LogP contribution in [0.1, 0.15) is 11.4 Å². The average Bonchev–Trinajstić information content (AvgIpc) is 3.58. The number of nitrogens with zero attached hydrogens (tertiary/aromatic N) is 4. The third-order valence-electron chi connectivity index (χ3n) is 6.77. The number of nitrogens with one attached hydrogen (secondary N) is 2. The normalized spacial score (nSPS) is 11.7. The second kappa shape index (κ2) is 12.8. The zero-order valence-corrected chi connectivity index (χ0v) is 25.8. The van der Waals surface area contributed by atoms with Crippen molar-refractivity contribution in [1.82, 2.24) is 24.3 Å². The van der Waals surface area contributed by atoms with Crippen LogP contribution in [0.4, 0.5) is 23.2 Å². The van der Waals surface area contributed by atoms with Crippen molar-refractivity contribution in [3.63, 3.8) is 0 Å². The van der Waals surface area contributed by atoms with Crippen molar-refractivity contribution in [1.29, 1.82) is 0 Å². The minimum absolute atomic E-state index is 0. The highest BCUT2D eigenvalue weighted by atomic mass is 35.5. The number of rotatable bonds is 9. The van der Waals surface area contributed by atoms with E-state index in [1.807, 2.05) is 0 Å². The molecule has 0 saturated carbocycles. The minimum Gasteiger partial charge on any atom is -0.493 e. The first-order chi connectivity index (χ1) is 21.2. The number of fused-ring (bicyclic) bond motifs is 1. The molecule has 0 atom stereocenters. The quantitative estimate of drug-likeness (QED) is 0.218. The molecule has 18 heteroatoms. The predicted molar refractivity (Wildman–Crippen MR) is 160 cm³/mol. The Morgan fingerprint density at radius 2 is 1.87 bits per heavy atom. The SMILES string of the molecule is COc1cc(-c2cc(C(F)(F)F)cc3c2n(C)c(=O)n3CC(=O)Nc2cccc(S(C)(=O)=O)c2)cc(F)c1OCc1ncn[nH]1.Cl. The molecular formula is C28H25ClF4N6O6S. The number of alkyl halides is 3. The molecule has 2 N–H and O–H groups in total. The lowest BCUT2D eigenvalue weighted by Crippen LogP contribution is -2.28.